The lowest BCUT2D eigenvalue weighted by atomic mass is 10.1. The van der Waals surface area contributed by atoms with Crippen LogP contribution in [-0.2, 0) is 16.0 Å². The highest BCUT2D eigenvalue weighted by Crippen LogP contribution is 2.32. The van der Waals surface area contributed by atoms with Gasteiger partial charge >= 0.3 is 0 Å². The van der Waals surface area contributed by atoms with Crippen molar-refractivity contribution in [2.24, 2.45) is 0 Å². The van der Waals surface area contributed by atoms with Gasteiger partial charge < -0.3 is 18.8 Å². The maximum absolute atomic E-state index is 5.41. The lowest BCUT2D eigenvalue weighted by molar-refractivity contribution is -0.107. The first-order valence-electron chi connectivity index (χ1n) is 8.16. The molecule has 128 valence electrons. The fraction of sp³-hybridized carbons (Fsp3) is 0.421. The molecular formula is C19H24N2O3. The summed E-state index contributed by atoms with van der Waals surface area (Å²) in [6.07, 6.45) is 3.51. The number of nitrogens with zero attached hydrogens (tertiary/aromatic N) is 2. The zero-order valence-corrected chi connectivity index (χ0v) is 14.7. The number of ether oxygens (including phenoxy) is 3. The SMILES string of the molecule is COc1ccc2c3ccnc(C)c3n(CCCC(OC)OC)c2c1. The third-order valence-electron chi connectivity index (χ3n) is 4.51. The Hall–Kier alpha value is -2.11. The molecule has 3 rings (SSSR count). The number of pyridine rings is 1. The molecule has 5 nitrogen and oxygen atoms in total. The van der Waals surface area contributed by atoms with Crippen molar-refractivity contribution in [3.63, 3.8) is 0 Å². The fourth-order valence-electron chi connectivity index (χ4n) is 3.31. The van der Waals surface area contributed by atoms with Crippen molar-refractivity contribution in [1.29, 1.82) is 0 Å². The van der Waals surface area contributed by atoms with Gasteiger partial charge in [0.1, 0.15) is 5.75 Å². The topological polar surface area (TPSA) is 45.5 Å². The summed E-state index contributed by atoms with van der Waals surface area (Å²) in [6, 6.07) is 8.31. The number of hydrogen-bond donors (Lipinski definition) is 0. The van der Waals surface area contributed by atoms with E-state index in [9.17, 15) is 0 Å². The molecule has 1 aromatic carbocycles. The van der Waals surface area contributed by atoms with Gasteiger partial charge in [-0.1, -0.05) is 0 Å². The molecule has 0 radical (unpaired) electrons. The van der Waals surface area contributed by atoms with E-state index >= 15 is 0 Å². The van der Waals surface area contributed by atoms with Crippen molar-refractivity contribution >= 4 is 21.8 Å². The molecule has 0 spiro atoms. The van der Waals surface area contributed by atoms with Gasteiger partial charge in [0.15, 0.2) is 6.29 Å². The van der Waals surface area contributed by atoms with Crippen molar-refractivity contribution < 1.29 is 14.2 Å². The standard InChI is InChI=1S/C19H24N2O3/c1-13-19-16(9-10-20-13)15-8-7-14(22-2)12-17(15)21(19)11-5-6-18(23-3)24-4/h7-10,12,18H,5-6,11H2,1-4H3. The highest BCUT2D eigenvalue weighted by Gasteiger charge is 2.14. The van der Waals surface area contributed by atoms with Crippen LogP contribution < -0.4 is 4.74 Å². The highest BCUT2D eigenvalue weighted by atomic mass is 16.7. The Bertz CT molecular complexity index is 837. The van der Waals surface area contributed by atoms with Crippen LogP contribution in [0.3, 0.4) is 0 Å². The number of rotatable bonds is 7. The quantitative estimate of drug-likeness (QED) is 0.617. The fourth-order valence-corrected chi connectivity index (χ4v) is 3.31. The lowest BCUT2D eigenvalue weighted by Gasteiger charge is -2.14. The predicted molar refractivity (Wildman–Crippen MR) is 95.6 cm³/mol. The van der Waals surface area contributed by atoms with Crippen molar-refractivity contribution in [2.45, 2.75) is 32.6 Å². The van der Waals surface area contributed by atoms with Crippen LogP contribution >= 0.6 is 0 Å². The summed E-state index contributed by atoms with van der Waals surface area (Å²) in [6.45, 7) is 2.94. The molecule has 24 heavy (non-hydrogen) atoms. The molecule has 0 atom stereocenters. The normalized spacial score (nSPS) is 11.7. The first-order valence-corrected chi connectivity index (χ1v) is 8.16. The minimum atomic E-state index is -0.160. The molecule has 2 aromatic heterocycles. The van der Waals surface area contributed by atoms with E-state index in [1.165, 1.54) is 21.8 Å². The Morgan fingerprint density at radius 1 is 1.08 bits per heavy atom. The minimum Gasteiger partial charge on any atom is -0.497 e. The Morgan fingerprint density at radius 2 is 1.88 bits per heavy atom. The summed E-state index contributed by atoms with van der Waals surface area (Å²) in [5, 5.41) is 2.46. The zero-order valence-electron chi connectivity index (χ0n) is 14.7. The zero-order chi connectivity index (χ0) is 17.1. The molecular weight excluding hydrogens is 304 g/mol. The molecule has 0 N–H and O–H groups in total. The third-order valence-corrected chi connectivity index (χ3v) is 4.51. The smallest absolute Gasteiger partial charge is 0.156 e. The first kappa shape index (κ1) is 16.7. The first-order chi connectivity index (χ1) is 11.7. The Labute approximate surface area is 142 Å². The summed E-state index contributed by atoms with van der Waals surface area (Å²) in [5.41, 5.74) is 3.40. The lowest BCUT2D eigenvalue weighted by Crippen LogP contribution is -2.13. The van der Waals surface area contributed by atoms with Crippen LogP contribution in [0, 0.1) is 6.92 Å². The van der Waals surface area contributed by atoms with Gasteiger partial charge in [-0.2, -0.15) is 0 Å². The van der Waals surface area contributed by atoms with Crippen LogP contribution in [0.1, 0.15) is 18.5 Å². The van der Waals surface area contributed by atoms with E-state index in [0.717, 1.165) is 30.8 Å². The molecule has 5 heteroatoms. The van der Waals surface area contributed by atoms with E-state index < -0.39 is 0 Å². The number of fused-ring (bicyclic) bond motifs is 3. The average Bonchev–Trinajstić information content (AvgIpc) is 2.93. The Morgan fingerprint density at radius 3 is 2.58 bits per heavy atom. The molecule has 0 aliphatic rings. The van der Waals surface area contributed by atoms with Crippen molar-refractivity contribution in [1.82, 2.24) is 9.55 Å². The van der Waals surface area contributed by atoms with Crippen LogP contribution in [-0.4, -0.2) is 37.2 Å². The van der Waals surface area contributed by atoms with Gasteiger partial charge in [-0.05, 0) is 31.5 Å². The number of benzene rings is 1. The van der Waals surface area contributed by atoms with Crippen molar-refractivity contribution in [2.75, 3.05) is 21.3 Å². The molecule has 3 aromatic rings. The average molecular weight is 328 g/mol. The molecule has 0 aliphatic heterocycles. The summed E-state index contributed by atoms with van der Waals surface area (Å²) in [7, 11) is 5.05. The van der Waals surface area contributed by atoms with Gasteiger partial charge in [0, 0.05) is 50.2 Å². The van der Waals surface area contributed by atoms with Gasteiger partial charge in [0.05, 0.1) is 23.8 Å². The van der Waals surface area contributed by atoms with Gasteiger partial charge in [-0.25, -0.2) is 0 Å². The van der Waals surface area contributed by atoms with E-state index in [-0.39, 0.29) is 6.29 Å². The summed E-state index contributed by atoms with van der Waals surface area (Å²) < 4.78 is 18.3. The van der Waals surface area contributed by atoms with Gasteiger partial charge in [0.2, 0.25) is 0 Å². The van der Waals surface area contributed by atoms with E-state index in [2.05, 4.69) is 34.7 Å². The molecule has 0 saturated heterocycles. The Balaban J connectivity index is 2.05. The van der Waals surface area contributed by atoms with Crippen LogP contribution in [0.25, 0.3) is 21.8 Å². The number of methoxy groups -OCH3 is 3. The van der Waals surface area contributed by atoms with Crippen LogP contribution in [0.2, 0.25) is 0 Å². The second-order valence-corrected chi connectivity index (χ2v) is 5.87. The maximum Gasteiger partial charge on any atom is 0.156 e. The summed E-state index contributed by atoms with van der Waals surface area (Å²) >= 11 is 0. The molecule has 0 saturated carbocycles. The molecule has 0 unspecified atom stereocenters. The number of aryl methyl sites for hydroxylation is 2. The van der Waals surface area contributed by atoms with Crippen LogP contribution in [0.15, 0.2) is 30.5 Å². The Kier molecular flexibility index (Phi) is 5.02. The predicted octanol–water partition coefficient (Wildman–Crippen LogP) is 3.91. The van der Waals surface area contributed by atoms with Crippen molar-refractivity contribution in [3.8, 4) is 5.75 Å². The van der Waals surface area contributed by atoms with Crippen molar-refractivity contribution in [3.05, 3.63) is 36.2 Å². The minimum absolute atomic E-state index is 0.160. The van der Waals surface area contributed by atoms with Gasteiger partial charge in [0.25, 0.3) is 0 Å². The summed E-state index contributed by atoms with van der Waals surface area (Å²) in [5.74, 6) is 0.865. The summed E-state index contributed by atoms with van der Waals surface area (Å²) in [4.78, 5) is 4.48. The number of aromatic nitrogens is 2. The third kappa shape index (κ3) is 2.97. The molecule has 2 heterocycles. The second kappa shape index (κ2) is 7.20. The van der Waals surface area contributed by atoms with E-state index in [1.54, 1.807) is 21.3 Å². The second-order valence-electron chi connectivity index (χ2n) is 5.87. The van der Waals surface area contributed by atoms with Gasteiger partial charge in [-0.3, -0.25) is 4.98 Å². The molecule has 0 amide bonds. The van der Waals surface area contributed by atoms with Crippen LogP contribution in [0.5, 0.6) is 5.75 Å². The highest BCUT2D eigenvalue weighted by molar-refractivity contribution is 6.09. The maximum atomic E-state index is 5.41. The van der Waals surface area contributed by atoms with E-state index in [1.807, 2.05) is 12.3 Å². The molecule has 0 bridgehead atoms. The number of hydrogen-bond acceptors (Lipinski definition) is 4. The van der Waals surface area contributed by atoms with Crippen LogP contribution in [0.4, 0.5) is 0 Å². The molecule has 0 aliphatic carbocycles. The largest absolute Gasteiger partial charge is 0.497 e. The van der Waals surface area contributed by atoms with E-state index in [4.69, 9.17) is 14.2 Å². The van der Waals surface area contributed by atoms with E-state index in [0.29, 0.717) is 0 Å². The monoisotopic (exact) mass is 328 g/mol. The van der Waals surface area contributed by atoms with Gasteiger partial charge in [-0.15, -0.1) is 0 Å². The molecule has 0 fully saturated rings.